The highest BCUT2D eigenvalue weighted by molar-refractivity contribution is 6.29. The van der Waals surface area contributed by atoms with Crippen molar-refractivity contribution in [2.24, 2.45) is 0 Å². The number of carboxylic acids is 1. The fourth-order valence-corrected chi connectivity index (χ4v) is 1.39. The number of carboxylic acid groups (broad SMARTS) is 1. The highest BCUT2D eigenvalue weighted by Gasteiger charge is 2.38. The van der Waals surface area contributed by atoms with Crippen LogP contribution in [0, 0.1) is 0 Å². The molecule has 21 heavy (non-hydrogen) atoms. The first kappa shape index (κ1) is 19.9. The van der Waals surface area contributed by atoms with Gasteiger partial charge in [0.1, 0.15) is 0 Å². The lowest BCUT2D eigenvalue weighted by Crippen LogP contribution is -2.42. The number of likely N-dealkylation sites (N-methyl/N-ethyl adjacent to an activating group) is 1. The average molecular weight is 337 g/mol. The Morgan fingerprint density at radius 1 is 1.43 bits per heavy atom. The van der Waals surface area contributed by atoms with Gasteiger partial charge in [-0.15, -0.1) is 0 Å². The molecule has 1 amide bonds. The minimum absolute atomic E-state index is 0.224. The minimum Gasteiger partial charge on any atom is -0.475 e. The van der Waals surface area contributed by atoms with E-state index in [0.717, 1.165) is 0 Å². The molecule has 0 aromatic heterocycles. The number of rotatable bonds is 5. The maximum atomic E-state index is 12.3. The van der Waals surface area contributed by atoms with Crippen LogP contribution in [0.4, 0.5) is 17.6 Å². The number of nitrogens with zero attached hydrogens (tertiary/aromatic N) is 1. The molecule has 1 rings (SSSR count). The smallest absolute Gasteiger partial charge is 0.475 e. The third-order valence-corrected chi connectivity index (χ3v) is 3.03. The Morgan fingerprint density at radius 3 is 2.14 bits per heavy atom. The van der Waals surface area contributed by atoms with E-state index in [2.05, 4.69) is 10.2 Å². The Hall–Kier alpha value is -1.09. The Bertz CT molecular complexity index is 362. The van der Waals surface area contributed by atoms with Gasteiger partial charge in [-0.2, -0.15) is 13.2 Å². The zero-order chi connectivity index (χ0) is 16.8. The molecule has 0 saturated heterocycles. The second-order valence-electron chi connectivity index (χ2n) is 4.59. The van der Waals surface area contributed by atoms with E-state index in [1.54, 1.807) is 0 Å². The zero-order valence-corrected chi connectivity index (χ0v) is 12.2. The Balaban J connectivity index is 0.000000486. The van der Waals surface area contributed by atoms with Gasteiger partial charge in [-0.05, 0) is 26.8 Å². The van der Waals surface area contributed by atoms with Crippen LogP contribution in [0.3, 0.4) is 0 Å². The number of hydrogen-bond acceptors (Lipinski definition) is 3. The van der Waals surface area contributed by atoms with Crippen molar-refractivity contribution in [2.75, 3.05) is 13.6 Å². The SMILES string of the molecule is CC(CNC(=O)C(F)Cl)N(C)C1CC1.O=C(O)C(F)(F)F. The van der Waals surface area contributed by atoms with E-state index in [1.165, 1.54) is 12.8 Å². The van der Waals surface area contributed by atoms with Gasteiger partial charge in [0.05, 0.1) is 0 Å². The second-order valence-corrected chi connectivity index (χ2v) is 4.98. The summed E-state index contributed by atoms with van der Waals surface area (Å²) in [7, 11) is 2.02. The molecule has 0 bridgehead atoms. The van der Waals surface area contributed by atoms with Crippen LogP contribution in [-0.4, -0.2) is 59.4 Å². The summed E-state index contributed by atoms with van der Waals surface area (Å²) in [5.74, 6) is -3.50. The van der Waals surface area contributed by atoms with Gasteiger partial charge in [0, 0.05) is 18.6 Å². The normalized spacial score (nSPS) is 17.5. The highest BCUT2D eigenvalue weighted by atomic mass is 35.5. The van der Waals surface area contributed by atoms with E-state index in [0.29, 0.717) is 12.6 Å². The van der Waals surface area contributed by atoms with Gasteiger partial charge < -0.3 is 10.4 Å². The molecule has 0 heterocycles. The first-order valence-corrected chi connectivity index (χ1v) is 6.48. The molecule has 1 fully saturated rings. The Labute approximate surface area is 124 Å². The van der Waals surface area contributed by atoms with Gasteiger partial charge in [-0.1, -0.05) is 11.6 Å². The van der Waals surface area contributed by atoms with Crippen LogP contribution in [0.5, 0.6) is 0 Å². The monoisotopic (exact) mass is 336 g/mol. The molecular formula is C11H17ClF4N2O3. The first-order chi connectivity index (χ1) is 9.46. The summed E-state index contributed by atoms with van der Waals surface area (Å²) in [6.45, 7) is 2.44. The van der Waals surface area contributed by atoms with Crippen LogP contribution in [-0.2, 0) is 9.59 Å². The summed E-state index contributed by atoms with van der Waals surface area (Å²) >= 11 is 4.97. The lowest BCUT2D eigenvalue weighted by molar-refractivity contribution is -0.192. The molecule has 1 aliphatic rings. The third-order valence-electron chi connectivity index (χ3n) is 2.83. The second kappa shape index (κ2) is 8.38. The van der Waals surface area contributed by atoms with Crippen molar-refractivity contribution >= 4 is 23.5 Å². The van der Waals surface area contributed by atoms with Crippen molar-refractivity contribution < 1.29 is 32.3 Å². The number of nitrogens with one attached hydrogen (secondary N) is 1. The van der Waals surface area contributed by atoms with E-state index in [9.17, 15) is 22.4 Å². The largest absolute Gasteiger partial charge is 0.490 e. The molecule has 5 nitrogen and oxygen atoms in total. The predicted molar refractivity (Wildman–Crippen MR) is 67.7 cm³/mol. The van der Waals surface area contributed by atoms with E-state index in [1.807, 2.05) is 14.0 Å². The van der Waals surface area contributed by atoms with E-state index >= 15 is 0 Å². The predicted octanol–water partition coefficient (Wildman–Crippen LogP) is 1.75. The number of amides is 1. The molecule has 0 aliphatic heterocycles. The van der Waals surface area contributed by atoms with Crippen LogP contribution >= 0.6 is 11.6 Å². The van der Waals surface area contributed by atoms with Crippen LogP contribution in [0.15, 0.2) is 0 Å². The summed E-state index contributed by atoms with van der Waals surface area (Å²) in [6, 6.07) is 0.862. The summed E-state index contributed by atoms with van der Waals surface area (Å²) in [5, 5.41) is 9.58. The van der Waals surface area contributed by atoms with Crippen molar-refractivity contribution in [3.8, 4) is 0 Å². The molecule has 2 N–H and O–H groups in total. The molecule has 2 atom stereocenters. The van der Waals surface area contributed by atoms with Crippen molar-refractivity contribution in [2.45, 2.75) is 43.7 Å². The standard InChI is InChI=1S/C9H16ClFN2O.C2HF3O2/c1-6(13(2)7-3-4-7)5-12-9(14)8(10)11;3-2(4,5)1(6)7/h6-8H,3-5H2,1-2H3,(H,12,14);(H,6,7). The average Bonchev–Trinajstić information content (AvgIpc) is 3.18. The summed E-state index contributed by atoms with van der Waals surface area (Å²) in [6.07, 6.45) is -2.65. The topological polar surface area (TPSA) is 69.6 Å². The molecule has 1 aliphatic carbocycles. The summed E-state index contributed by atoms with van der Waals surface area (Å²) in [4.78, 5) is 21.9. The van der Waals surface area contributed by atoms with Gasteiger partial charge >= 0.3 is 12.1 Å². The molecule has 1 saturated carbocycles. The van der Waals surface area contributed by atoms with Crippen LogP contribution < -0.4 is 5.32 Å². The van der Waals surface area contributed by atoms with E-state index < -0.39 is 23.7 Å². The molecule has 124 valence electrons. The minimum atomic E-state index is -5.08. The number of carbonyl (C=O) groups excluding carboxylic acids is 1. The first-order valence-electron chi connectivity index (χ1n) is 6.04. The van der Waals surface area contributed by atoms with Gasteiger partial charge in [0.15, 0.2) is 0 Å². The van der Waals surface area contributed by atoms with Gasteiger partial charge in [0.25, 0.3) is 11.5 Å². The number of halogens is 5. The van der Waals surface area contributed by atoms with Crippen molar-refractivity contribution in [1.29, 1.82) is 0 Å². The lowest BCUT2D eigenvalue weighted by atomic mass is 10.3. The van der Waals surface area contributed by atoms with Crippen LogP contribution in [0.25, 0.3) is 0 Å². The number of hydrogen-bond donors (Lipinski definition) is 2. The highest BCUT2D eigenvalue weighted by Crippen LogP contribution is 2.26. The molecule has 10 heteroatoms. The Kier molecular flexibility index (Phi) is 7.94. The maximum absolute atomic E-state index is 12.3. The lowest BCUT2D eigenvalue weighted by Gasteiger charge is -2.24. The van der Waals surface area contributed by atoms with E-state index in [-0.39, 0.29) is 6.04 Å². The molecule has 0 spiro atoms. The summed E-state index contributed by atoms with van der Waals surface area (Å²) < 4.78 is 44.0. The van der Waals surface area contributed by atoms with Gasteiger partial charge in [0.2, 0.25) is 0 Å². The molecular weight excluding hydrogens is 320 g/mol. The quantitative estimate of drug-likeness (QED) is 0.593. The van der Waals surface area contributed by atoms with Crippen molar-refractivity contribution in [3.05, 3.63) is 0 Å². The molecule has 0 aromatic rings. The fourth-order valence-electron chi connectivity index (χ4n) is 1.31. The van der Waals surface area contributed by atoms with Crippen LogP contribution in [0.2, 0.25) is 0 Å². The number of carbonyl (C=O) groups is 2. The van der Waals surface area contributed by atoms with Gasteiger partial charge in [-0.25, -0.2) is 9.18 Å². The third kappa shape index (κ3) is 8.71. The van der Waals surface area contributed by atoms with Crippen molar-refractivity contribution in [1.82, 2.24) is 10.2 Å². The number of alkyl halides is 5. The number of aliphatic carboxylic acids is 1. The molecule has 2 unspecified atom stereocenters. The zero-order valence-electron chi connectivity index (χ0n) is 11.5. The molecule has 0 radical (unpaired) electrons. The summed E-state index contributed by atoms with van der Waals surface area (Å²) in [5.41, 5.74) is -1.94. The van der Waals surface area contributed by atoms with Crippen LogP contribution in [0.1, 0.15) is 19.8 Å². The van der Waals surface area contributed by atoms with Gasteiger partial charge in [-0.3, -0.25) is 9.69 Å². The van der Waals surface area contributed by atoms with Crippen molar-refractivity contribution in [3.63, 3.8) is 0 Å². The maximum Gasteiger partial charge on any atom is 0.490 e. The fraction of sp³-hybridized carbons (Fsp3) is 0.818. The Morgan fingerprint density at radius 2 is 1.86 bits per heavy atom. The van der Waals surface area contributed by atoms with E-state index in [4.69, 9.17) is 21.5 Å². The molecule has 0 aromatic carbocycles.